The van der Waals surface area contributed by atoms with E-state index in [0.29, 0.717) is 25.4 Å². The maximum absolute atomic E-state index is 11.8. The Morgan fingerprint density at radius 2 is 2.11 bits per heavy atom. The molecule has 0 N–H and O–H groups in total. The number of aromatic nitrogens is 1. The quantitative estimate of drug-likeness (QED) is 0.711. The van der Waals surface area contributed by atoms with Gasteiger partial charge in [0.1, 0.15) is 0 Å². The van der Waals surface area contributed by atoms with Gasteiger partial charge in [-0.1, -0.05) is 0 Å². The molecule has 0 spiro atoms. The number of carbonyl (C=O) groups excluding carboxylic acids is 1. The molecule has 1 aliphatic rings. The van der Waals surface area contributed by atoms with E-state index in [2.05, 4.69) is 11.5 Å². The molecule has 0 aliphatic heterocycles. The van der Waals surface area contributed by atoms with E-state index in [-0.39, 0.29) is 0 Å². The Labute approximate surface area is 114 Å². The second-order valence-corrected chi connectivity index (χ2v) is 5.03. The van der Waals surface area contributed by atoms with Crippen molar-refractivity contribution in [1.82, 2.24) is 4.57 Å². The van der Waals surface area contributed by atoms with Crippen LogP contribution in [0.4, 0.5) is 0 Å². The number of nitrogens with zero attached hydrogens (tertiary/aromatic N) is 1. The fourth-order valence-electron chi connectivity index (χ4n) is 2.67. The first-order valence-corrected chi connectivity index (χ1v) is 7.03. The molecule has 1 aromatic rings. The highest BCUT2D eigenvalue weighted by atomic mass is 16.5. The van der Waals surface area contributed by atoms with Crippen LogP contribution in [0.15, 0.2) is 6.07 Å². The van der Waals surface area contributed by atoms with E-state index in [4.69, 9.17) is 9.47 Å². The van der Waals surface area contributed by atoms with Crippen LogP contribution in [0.3, 0.4) is 0 Å². The first-order valence-electron chi connectivity index (χ1n) is 7.03. The molecule has 0 saturated carbocycles. The van der Waals surface area contributed by atoms with Crippen LogP contribution in [0.2, 0.25) is 0 Å². The summed E-state index contributed by atoms with van der Waals surface area (Å²) in [7, 11) is 1.68. The monoisotopic (exact) mass is 265 g/mol. The smallest absolute Gasteiger partial charge is 0.164 e. The van der Waals surface area contributed by atoms with Crippen molar-refractivity contribution in [2.24, 2.45) is 0 Å². The first kappa shape index (κ1) is 14.3. The van der Waals surface area contributed by atoms with Gasteiger partial charge in [-0.05, 0) is 32.3 Å². The minimum absolute atomic E-state index is 0.305. The van der Waals surface area contributed by atoms with Gasteiger partial charge in [0.25, 0.3) is 0 Å². The van der Waals surface area contributed by atoms with Crippen molar-refractivity contribution in [1.29, 1.82) is 0 Å². The highest BCUT2D eigenvalue weighted by molar-refractivity contribution is 5.98. The number of ether oxygens (including phenoxy) is 2. The summed E-state index contributed by atoms with van der Waals surface area (Å²) in [6, 6.07) is 2.04. The summed E-state index contributed by atoms with van der Waals surface area (Å²) in [6.45, 7) is 5.05. The lowest BCUT2D eigenvalue weighted by Crippen LogP contribution is -2.14. The Bertz CT molecular complexity index is 437. The minimum atomic E-state index is 0.305. The maximum atomic E-state index is 11.8. The topological polar surface area (TPSA) is 40.5 Å². The van der Waals surface area contributed by atoms with Crippen molar-refractivity contribution in [3.05, 3.63) is 23.0 Å². The summed E-state index contributed by atoms with van der Waals surface area (Å²) in [5.74, 6) is 0.305. The average Bonchev–Trinajstić information content (AvgIpc) is 2.72. The third kappa shape index (κ3) is 3.45. The minimum Gasteiger partial charge on any atom is -0.382 e. The molecule has 1 aliphatic carbocycles. The molecule has 1 heterocycles. The number of hydrogen-bond acceptors (Lipinski definition) is 3. The fourth-order valence-corrected chi connectivity index (χ4v) is 2.67. The number of hydrogen-bond donors (Lipinski definition) is 0. The number of carbonyl (C=O) groups is 1. The molecule has 0 aromatic carbocycles. The summed E-state index contributed by atoms with van der Waals surface area (Å²) in [6.07, 6.45) is 3.69. The number of methoxy groups -OCH3 is 1. The zero-order valence-electron chi connectivity index (χ0n) is 11.9. The predicted octanol–water partition coefficient (Wildman–Crippen LogP) is 2.37. The molecular weight excluding hydrogens is 242 g/mol. The van der Waals surface area contributed by atoms with Crippen LogP contribution in [-0.4, -0.2) is 37.3 Å². The third-order valence-corrected chi connectivity index (χ3v) is 3.64. The average molecular weight is 265 g/mol. The first-order chi connectivity index (χ1) is 9.24. The molecule has 4 nitrogen and oxygen atoms in total. The van der Waals surface area contributed by atoms with Crippen LogP contribution in [0.5, 0.6) is 0 Å². The van der Waals surface area contributed by atoms with Crippen LogP contribution < -0.4 is 0 Å². The Morgan fingerprint density at radius 1 is 1.26 bits per heavy atom. The maximum Gasteiger partial charge on any atom is 0.164 e. The highest BCUT2D eigenvalue weighted by Crippen LogP contribution is 2.25. The van der Waals surface area contributed by atoms with Crippen molar-refractivity contribution < 1.29 is 14.3 Å². The van der Waals surface area contributed by atoms with Gasteiger partial charge >= 0.3 is 0 Å². The summed E-state index contributed by atoms with van der Waals surface area (Å²) < 4.78 is 12.7. The van der Waals surface area contributed by atoms with Crippen molar-refractivity contribution in [2.45, 2.75) is 39.2 Å². The van der Waals surface area contributed by atoms with Gasteiger partial charge in [0, 0.05) is 43.6 Å². The van der Waals surface area contributed by atoms with E-state index in [9.17, 15) is 4.79 Å². The lowest BCUT2D eigenvalue weighted by molar-refractivity contribution is 0.0679. The molecule has 0 fully saturated rings. The predicted molar refractivity (Wildman–Crippen MR) is 73.7 cm³/mol. The number of rotatable bonds is 7. The van der Waals surface area contributed by atoms with Crippen LogP contribution in [0, 0.1) is 6.92 Å². The molecule has 0 saturated heterocycles. The lowest BCUT2D eigenvalue weighted by Gasteiger charge is -2.16. The molecule has 0 atom stereocenters. The van der Waals surface area contributed by atoms with E-state index in [0.717, 1.165) is 38.0 Å². The van der Waals surface area contributed by atoms with E-state index in [1.165, 1.54) is 11.4 Å². The molecule has 106 valence electrons. The van der Waals surface area contributed by atoms with Crippen LogP contribution in [0.1, 0.15) is 41.0 Å². The van der Waals surface area contributed by atoms with Gasteiger partial charge in [-0.15, -0.1) is 0 Å². The van der Waals surface area contributed by atoms with Crippen molar-refractivity contribution >= 4 is 5.78 Å². The van der Waals surface area contributed by atoms with Crippen molar-refractivity contribution in [3.63, 3.8) is 0 Å². The summed E-state index contributed by atoms with van der Waals surface area (Å²) >= 11 is 0. The Kier molecular flexibility index (Phi) is 5.16. The normalized spacial score (nSPS) is 14.7. The Morgan fingerprint density at radius 3 is 2.89 bits per heavy atom. The molecular formula is C15H23NO3. The Balaban J connectivity index is 1.88. The summed E-state index contributed by atoms with van der Waals surface area (Å²) in [5.41, 5.74) is 3.37. The van der Waals surface area contributed by atoms with Gasteiger partial charge in [-0.2, -0.15) is 0 Å². The Hall–Kier alpha value is -1.13. The van der Waals surface area contributed by atoms with Crippen LogP contribution in [0.25, 0.3) is 0 Å². The molecule has 0 unspecified atom stereocenters. The number of Topliss-reactive ketones (excluding diaryl/α,β-unsaturated/α-hetero) is 1. The molecule has 0 amide bonds. The van der Waals surface area contributed by atoms with E-state index in [1.54, 1.807) is 7.11 Å². The van der Waals surface area contributed by atoms with E-state index in [1.807, 2.05) is 6.07 Å². The molecule has 19 heavy (non-hydrogen) atoms. The zero-order chi connectivity index (χ0) is 13.7. The molecule has 1 aromatic heterocycles. The van der Waals surface area contributed by atoms with E-state index < -0.39 is 0 Å². The number of fused-ring (bicyclic) bond motifs is 1. The lowest BCUT2D eigenvalue weighted by atomic mass is 9.96. The zero-order valence-corrected chi connectivity index (χ0v) is 11.9. The van der Waals surface area contributed by atoms with Gasteiger partial charge < -0.3 is 14.0 Å². The molecule has 2 rings (SSSR count). The van der Waals surface area contributed by atoms with Gasteiger partial charge in [-0.3, -0.25) is 4.79 Å². The second kappa shape index (κ2) is 6.87. The number of ketones is 1. The fraction of sp³-hybridized carbons (Fsp3) is 0.667. The third-order valence-electron chi connectivity index (χ3n) is 3.64. The SMILES string of the molecule is COCCOCCCn1c(C)cc2c1CCCC2=O. The summed E-state index contributed by atoms with van der Waals surface area (Å²) in [5, 5.41) is 0. The molecule has 0 bridgehead atoms. The molecule has 4 heteroatoms. The second-order valence-electron chi connectivity index (χ2n) is 5.03. The van der Waals surface area contributed by atoms with Gasteiger partial charge in [0.2, 0.25) is 0 Å². The van der Waals surface area contributed by atoms with E-state index >= 15 is 0 Å². The standard InChI is InChI=1S/C15H23NO3/c1-12-11-13-14(5-3-6-15(13)17)16(12)7-4-8-19-10-9-18-2/h11H,3-10H2,1-2H3. The van der Waals surface area contributed by atoms with Gasteiger partial charge in [0.05, 0.1) is 13.2 Å². The van der Waals surface area contributed by atoms with Crippen molar-refractivity contribution in [2.75, 3.05) is 26.9 Å². The summed E-state index contributed by atoms with van der Waals surface area (Å²) in [4.78, 5) is 11.8. The van der Waals surface area contributed by atoms with Crippen LogP contribution >= 0.6 is 0 Å². The van der Waals surface area contributed by atoms with Gasteiger partial charge in [-0.25, -0.2) is 0 Å². The van der Waals surface area contributed by atoms with Gasteiger partial charge in [0.15, 0.2) is 5.78 Å². The highest BCUT2D eigenvalue weighted by Gasteiger charge is 2.22. The number of aryl methyl sites for hydroxylation is 1. The molecule has 0 radical (unpaired) electrons. The van der Waals surface area contributed by atoms with Crippen LogP contribution in [-0.2, 0) is 22.4 Å². The van der Waals surface area contributed by atoms with Crippen molar-refractivity contribution in [3.8, 4) is 0 Å². The largest absolute Gasteiger partial charge is 0.382 e.